The van der Waals surface area contributed by atoms with Gasteiger partial charge in [-0.2, -0.15) is 0 Å². The van der Waals surface area contributed by atoms with Gasteiger partial charge in [-0.15, -0.1) is 0 Å². The number of carbonyl (C=O) groups excluding carboxylic acids is 2. The van der Waals surface area contributed by atoms with Crippen LogP contribution in [0, 0.1) is 0 Å². The first kappa shape index (κ1) is 19.7. The van der Waals surface area contributed by atoms with Gasteiger partial charge in [0.15, 0.2) is 0 Å². The molecule has 1 aliphatic rings. The standard InChI is InChI=1S/C21H23NO6/c1-25-16-8-9-17(18(14-16)26-2)21(24)28-19(15-6-4-3-5-7-15)20(23)22-10-12-27-13-11-22/h3-9,14,19H,10-13H2,1-2H3/t19-/m0/s1. The van der Waals surface area contributed by atoms with Crippen molar-refractivity contribution < 1.29 is 28.5 Å². The summed E-state index contributed by atoms with van der Waals surface area (Å²) in [6.45, 7) is 1.86. The Morgan fingerprint density at radius 1 is 1.00 bits per heavy atom. The van der Waals surface area contributed by atoms with Crippen molar-refractivity contribution >= 4 is 11.9 Å². The summed E-state index contributed by atoms with van der Waals surface area (Å²) in [7, 11) is 2.98. The third kappa shape index (κ3) is 4.43. The van der Waals surface area contributed by atoms with Gasteiger partial charge >= 0.3 is 5.97 Å². The third-order valence-corrected chi connectivity index (χ3v) is 4.50. The van der Waals surface area contributed by atoms with Crippen LogP contribution in [-0.4, -0.2) is 57.3 Å². The van der Waals surface area contributed by atoms with Crippen LogP contribution in [0.3, 0.4) is 0 Å². The van der Waals surface area contributed by atoms with Gasteiger partial charge in [0.1, 0.15) is 17.1 Å². The fourth-order valence-corrected chi connectivity index (χ4v) is 2.98. The molecule has 0 unspecified atom stereocenters. The average Bonchev–Trinajstić information content (AvgIpc) is 2.77. The van der Waals surface area contributed by atoms with E-state index in [1.54, 1.807) is 47.4 Å². The Labute approximate surface area is 163 Å². The molecule has 3 rings (SSSR count). The molecule has 7 heteroatoms. The van der Waals surface area contributed by atoms with E-state index < -0.39 is 12.1 Å². The van der Waals surface area contributed by atoms with Crippen molar-refractivity contribution in [3.05, 3.63) is 59.7 Å². The second-order valence-electron chi connectivity index (χ2n) is 6.20. The second-order valence-corrected chi connectivity index (χ2v) is 6.20. The molecule has 1 saturated heterocycles. The fraction of sp³-hybridized carbons (Fsp3) is 0.333. The number of rotatable bonds is 6. The topological polar surface area (TPSA) is 74.3 Å². The van der Waals surface area contributed by atoms with Crippen LogP contribution >= 0.6 is 0 Å². The largest absolute Gasteiger partial charge is 0.497 e. The molecule has 1 atom stereocenters. The van der Waals surface area contributed by atoms with E-state index in [2.05, 4.69) is 0 Å². The molecule has 2 aromatic rings. The Balaban J connectivity index is 1.87. The normalized spacial score (nSPS) is 14.9. The van der Waals surface area contributed by atoms with E-state index in [9.17, 15) is 9.59 Å². The van der Waals surface area contributed by atoms with Gasteiger partial charge in [-0.3, -0.25) is 4.79 Å². The number of carbonyl (C=O) groups is 2. The van der Waals surface area contributed by atoms with Gasteiger partial charge in [0.05, 0.1) is 27.4 Å². The maximum Gasteiger partial charge on any atom is 0.343 e. The van der Waals surface area contributed by atoms with Crippen LogP contribution in [0.15, 0.2) is 48.5 Å². The van der Waals surface area contributed by atoms with Crippen molar-refractivity contribution in [3.8, 4) is 11.5 Å². The minimum Gasteiger partial charge on any atom is -0.497 e. The van der Waals surface area contributed by atoms with Gasteiger partial charge in [0, 0.05) is 24.7 Å². The maximum atomic E-state index is 13.1. The molecule has 28 heavy (non-hydrogen) atoms. The van der Waals surface area contributed by atoms with Gasteiger partial charge in [-0.25, -0.2) is 4.79 Å². The average molecular weight is 385 g/mol. The van der Waals surface area contributed by atoms with Crippen LogP contribution in [0.2, 0.25) is 0 Å². The SMILES string of the molecule is COc1ccc(C(=O)O[C@H](C(=O)N2CCOCC2)c2ccccc2)c(OC)c1. The first-order valence-corrected chi connectivity index (χ1v) is 8.98. The number of ether oxygens (including phenoxy) is 4. The molecular weight excluding hydrogens is 362 g/mol. The highest BCUT2D eigenvalue weighted by Gasteiger charge is 2.31. The number of benzene rings is 2. The van der Waals surface area contributed by atoms with Crippen molar-refractivity contribution in [1.82, 2.24) is 4.90 Å². The van der Waals surface area contributed by atoms with E-state index in [0.717, 1.165) is 0 Å². The summed E-state index contributed by atoms with van der Waals surface area (Å²) in [6, 6.07) is 13.8. The molecule has 0 spiro atoms. The number of morpholine rings is 1. The zero-order valence-corrected chi connectivity index (χ0v) is 15.9. The van der Waals surface area contributed by atoms with Gasteiger partial charge in [0.2, 0.25) is 6.10 Å². The number of hydrogen-bond donors (Lipinski definition) is 0. The van der Waals surface area contributed by atoms with Gasteiger partial charge < -0.3 is 23.8 Å². The molecule has 1 fully saturated rings. The zero-order valence-electron chi connectivity index (χ0n) is 15.9. The van der Waals surface area contributed by atoms with Gasteiger partial charge in [-0.1, -0.05) is 30.3 Å². The number of methoxy groups -OCH3 is 2. The second kappa shape index (κ2) is 9.23. The Morgan fingerprint density at radius 2 is 1.71 bits per heavy atom. The van der Waals surface area contributed by atoms with Gasteiger partial charge in [0.25, 0.3) is 5.91 Å². The molecular formula is C21H23NO6. The van der Waals surface area contributed by atoms with Crippen LogP contribution in [0.25, 0.3) is 0 Å². The highest BCUT2D eigenvalue weighted by atomic mass is 16.6. The molecule has 1 heterocycles. The molecule has 0 aliphatic carbocycles. The van der Waals surface area contributed by atoms with Crippen LogP contribution in [0.5, 0.6) is 11.5 Å². The molecule has 0 saturated carbocycles. The minimum absolute atomic E-state index is 0.221. The van der Waals surface area contributed by atoms with E-state index in [1.165, 1.54) is 14.2 Å². The summed E-state index contributed by atoms with van der Waals surface area (Å²) < 4.78 is 21.4. The molecule has 1 amide bonds. The van der Waals surface area contributed by atoms with E-state index in [0.29, 0.717) is 43.4 Å². The predicted octanol–water partition coefficient (Wildman–Crippen LogP) is 2.46. The molecule has 1 aliphatic heterocycles. The van der Waals surface area contributed by atoms with E-state index in [-0.39, 0.29) is 11.5 Å². The van der Waals surface area contributed by atoms with Crippen LogP contribution in [-0.2, 0) is 14.3 Å². The first-order valence-electron chi connectivity index (χ1n) is 8.98. The van der Waals surface area contributed by atoms with Crippen LogP contribution < -0.4 is 9.47 Å². The van der Waals surface area contributed by atoms with Crippen molar-refractivity contribution in [1.29, 1.82) is 0 Å². The number of amides is 1. The Morgan fingerprint density at radius 3 is 2.36 bits per heavy atom. The maximum absolute atomic E-state index is 13.1. The molecule has 7 nitrogen and oxygen atoms in total. The molecule has 148 valence electrons. The van der Waals surface area contributed by atoms with E-state index in [4.69, 9.17) is 18.9 Å². The lowest BCUT2D eigenvalue weighted by molar-refractivity contribution is -0.145. The van der Waals surface area contributed by atoms with Crippen molar-refractivity contribution in [3.63, 3.8) is 0 Å². The summed E-state index contributed by atoms with van der Waals surface area (Å²) in [6.07, 6.45) is -1.04. The smallest absolute Gasteiger partial charge is 0.343 e. The monoisotopic (exact) mass is 385 g/mol. The third-order valence-electron chi connectivity index (χ3n) is 4.50. The lowest BCUT2D eigenvalue weighted by atomic mass is 10.1. The van der Waals surface area contributed by atoms with Gasteiger partial charge in [-0.05, 0) is 12.1 Å². The summed E-state index contributed by atoms with van der Waals surface area (Å²) >= 11 is 0. The lowest BCUT2D eigenvalue weighted by Gasteiger charge is -2.30. The Bertz CT molecular complexity index is 817. The summed E-state index contributed by atoms with van der Waals surface area (Å²) in [5, 5.41) is 0. The Hall–Kier alpha value is -3.06. The highest BCUT2D eigenvalue weighted by molar-refractivity contribution is 5.95. The molecule has 0 N–H and O–H groups in total. The van der Waals surface area contributed by atoms with E-state index in [1.807, 2.05) is 6.07 Å². The summed E-state index contributed by atoms with van der Waals surface area (Å²) in [5.41, 5.74) is 0.832. The molecule has 0 radical (unpaired) electrons. The number of nitrogens with zero attached hydrogens (tertiary/aromatic N) is 1. The van der Waals surface area contributed by atoms with Crippen LogP contribution in [0.4, 0.5) is 0 Å². The Kier molecular flexibility index (Phi) is 6.49. The van der Waals surface area contributed by atoms with Crippen molar-refractivity contribution in [2.75, 3.05) is 40.5 Å². The molecule has 2 aromatic carbocycles. The number of hydrogen-bond acceptors (Lipinski definition) is 6. The lowest BCUT2D eigenvalue weighted by Crippen LogP contribution is -2.44. The highest BCUT2D eigenvalue weighted by Crippen LogP contribution is 2.28. The van der Waals surface area contributed by atoms with Crippen molar-refractivity contribution in [2.24, 2.45) is 0 Å². The summed E-state index contributed by atoms with van der Waals surface area (Å²) in [4.78, 5) is 27.6. The zero-order chi connectivity index (χ0) is 19.9. The van der Waals surface area contributed by atoms with Crippen molar-refractivity contribution in [2.45, 2.75) is 6.10 Å². The molecule has 0 aromatic heterocycles. The minimum atomic E-state index is -1.04. The predicted molar refractivity (Wildman–Crippen MR) is 102 cm³/mol. The van der Waals surface area contributed by atoms with Crippen LogP contribution in [0.1, 0.15) is 22.0 Å². The summed E-state index contributed by atoms with van der Waals surface area (Å²) in [5.74, 6) is -0.0438. The molecule has 0 bridgehead atoms. The van der Waals surface area contributed by atoms with E-state index >= 15 is 0 Å². The fourth-order valence-electron chi connectivity index (χ4n) is 2.98. The quantitative estimate of drug-likeness (QED) is 0.711. The first-order chi connectivity index (χ1) is 13.6. The number of esters is 1.